The largest absolute Gasteiger partial charge is 0.392 e. The van der Waals surface area contributed by atoms with Crippen molar-refractivity contribution in [3.8, 4) is 0 Å². The van der Waals surface area contributed by atoms with Crippen LogP contribution in [0.1, 0.15) is 5.01 Å². The number of aromatic nitrogens is 2. The molecule has 6 nitrogen and oxygen atoms in total. The summed E-state index contributed by atoms with van der Waals surface area (Å²) in [5.74, 6) is -0.388. The Morgan fingerprint density at radius 1 is 1.64 bits per heavy atom. The van der Waals surface area contributed by atoms with Gasteiger partial charge in [0.25, 0.3) is 0 Å². The van der Waals surface area contributed by atoms with Gasteiger partial charge in [0, 0.05) is 0 Å². The molecule has 0 aromatic carbocycles. The molecular weight excluding hydrogens is 244 g/mol. The van der Waals surface area contributed by atoms with Gasteiger partial charge in [0.15, 0.2) is 0 Å². The lowest BCUT2D eigenvalue weighted by Crippen LogP contribution is -2.26. The van der Waals surface area contributed by atoms with Crippen molar-refractivity contribution in [1.29, 1.82) is 0 Å². The first-order chi connectivity index (χ1) is 6.39. The van der Waals surface area contributed by atoms with Crippen LogP contribution in [0.3, 0.4) is 0 Å². The van der Waals surface area contributed by atoms with E-state index in [1.54, 1.807) is 6.92 Å². The minimum Gasteiger partial charge on any atom is -0.392 e. The molecule has 14 heavy (non-hydrogen) atoms. The Bertz CT molecular complexity index is 438. The molecule has 0 aliphatic heterocycles. The second kappa shape index (κ2) is 4.15. The number of rotatable bonds is 4. The number of hydrogen-bond acceptors (Lipinski definition) is 6. The molecule has 1 rings (SSSR count). The molecule has 1 heterocycles. The first-order valence-electron chi connectivity index (χ1n) is 3.48. The number of sulfonamides is 1. The third-order valence-corrected chi connectivity index (χ3v) is 3.51. The quantitative estimate of drug-likeness (QED) is 0.725. The van der Waals surface area contributed by atoms with E-state index in [1.807, 2.05) is 0 Å². The Hall–Kier alpha value is -0.800. The summed E-state index contributed by atoms with van der Waals surface area (Å²) in [6, 6.07) is 0. The summed E-state index contributed by atoms with van der Waals surface area (Å²) >= 11 is 5.64. The Morgan fingerprint density at radius 3 is 2.71 bits per heavy atom. The highest BCUT2D eigenvalue weighted by Crippen LogP contribution is 2.14. The van der Waals surface area contributed by atoms with E-state index >= 15 is 0 Å². The molecule has 78 valence electrons. The van der Waals surface area contributed by atoms with E-state index in [-0.39, 0.29) is 15.9 Å². The monoisotopic (exact) mass is 252 g/mol. The topological polar surface area (TPSA) is 98.0 Å². The second-order valence-corrected chi connectivity index (χ2v) is 5.88. The summed E-state index contributed by atoms with van der Waals surface area (Å²) < 4.78 is 24.8. The molecular formula is C5H8N4O2S3. The number of anilines is 1. The fourth-order valence-corrected chi connectivity index (χ4v) is 2.90. The molecule has 1 aromatic heterocycles. The van der Waals surface area contributed by atoms with E-state index in [4.69, 9.17) is 5.73 Å². The first kappa shape index (κ1) is 11.3. The predicted molar refractivity (Wildman–Crippen MR) is 58.8 cm³/mol. The molecule has 0 radical (unpaired) electrons. The Kier molecular flexibility index (Phi) is 3.34. The van der Waals surface area contributed by atoms with Crippen LogP contribution in [-0.4, -0.2) is 29.4 Å². The molecule has 0 unspecified atom stereocenters. The number of nitrogens with zero attached hydrogens (tertiary/aromatic N) is 2. The molecule has 0 aliphatic carbocycles. The van der Waals surface area contributed by atoms with Crippen LogP contribution in [0, 0.1) is 6.92 Å². The van der Waals surface area contributed by atoms with Crippen LogP contribution < -0.4 is 10.5 Å². The number of aryl methyl sites for hydroxylation is 1. The summed E-state index contributed by atoms with van der Waals surface area (Å²) in [6.45, 7) is 1.73. The first-order valence-corrected chi connectivity index (χ1v) is 6.35. The highest BCUT2D eigenvalue weighted by Gasteiger charge is 2.14. The van der Waals surface area contributed by atoms with Gasteiger partial charge in [-0.15, -0.1) is 10.2 Å². The average Bonchev–Trinajstić information content (AvgIpc) is 2.30. The molecule has 3 N–H and O–H groups in total. The van der Waals surface area contributed by atoms with Crippen LogP contribution in [0.25, 0.3) is 0 Å². The van der Waals surface area contributed by atoms with E-state index in [2.05, 4.69) is 27.1 Å². The van der Waals surface area contributed by atoms with E-state index in [0.717, 1.165) is 11.3 Å². The SMILES string of the molecule is Cc1nnc(NS(=O)(=O)CC(N)=S)s1. The van der Waals surface area contributed by atoms with Crippen molar-refractivity contribution < 1.29 is 8.42 Å². The van der Waals surface area contributed by atoms with Crippen molar-refractivity contribution in [3.63, 3.8) is 0 Å². The fourth-order valence-electron chi connectivity index (χ4n) is 0.694. The summed E-state index contributed by atoms with van der Waals surface area (Å²) in [5.41, 5.74) is 5.12. The van der Waals surface area contributed by atoms with Crippen molar-refractivity contribution in [2.75, 3.05) is 10.5 Å². The summed E-state index contributed by atoms with van der Waals surface area (Å²) in [7, 11) is -3.53. The maximum atomic E-state index is 11.3. The molecule has 1 aromatic rings. The third kappa shape index (κ3) is 3.52. The van der Waals surface area contributed by atoms with Gasteiger partial charge in [0.1, 0.15) is 10.8 Å². The average molecular weight is 252 g/mol. The Balaban J connectivity index is 2.73. The van der Waals surface area contributed by atoms with Crippen LogP contribution in [0.4, 0.5) is 5.13 Å². The zero-order valence-electron chi connectivity index (χ0n) is 7.22. The molecule has 0 fully saturated rings. The van der Waals surface area contributed by atoms with Crippen molar-refractivity contribution in [2.45, 2.75) is 6.92 Å². The van der Waals surface area contributed by atoms with E-state index in [9.17, 15) is 8.42 Å². The zero-order valence-corrected chi connectivity index (χ0v) is 9.67. The Morgan fingerprint density at radius 2 is 2.29 bits per heavy atom. The van der Waals surface area contributed by atoms with Crippen LogP contribution in [0.15, 0.2) is 0 Å². The van der Waals surface area contributed by atoms with Gasteiger partial charge in [0.05, 0.1) is 4.99 Å². The lowest BCUT2D eigenvalue weighted by molar-refractivity contribution is 0.605. The second-order valence-electron chi connectivity index (χ2n) is 2.45. The predicted octanol–water partition coefficient (Wildman–Crippen LogP) is -0.126. The maximum absolute atomic E-state index is 11.3. The maximum Gasteiger partial charge on any atom is 0.241 e. The van der Waals surface area contributed by atoms with Crippen molar-refractivity contribution in [1.82, 2.24) is 10.2 Å². The molecule has 0 saturated carbocycles. The zero-order chi connectivity index (χ0) is 10.8. The van der Waals surface area contributed by atoms with Crippen LogP contribution in [0.2, 0.25) is 0 Å². The number of nitrogens with two attached hydrogens (primary N) is 1. The van der Waals surface area contributed by atoms with E-state index in [1.165, 1.54) is 0 Å². The standard InChI is InChI=1S/C5H8N4O2S3/c1-3-7-8-5(13-3)9-14(10,11)2-4(6)12/h2H2,1H3,(H2,6,12)(H,8,9). The van der Waals surface area contributed by atoms with Gasteiger partial charge in [-0.3, -0.25) is 4.72 Å². The van der Waals surface area contributed by atoms with Gasteiger partial charge < -0.3 is 5.73 Å². The molecule has 0 saturated heterocycles. The summed E-state index contributed by atoms with van der Waals surface area (Å²) in [4.78, 5) is -0.0845. The lowest BCUT2D eigenvalue weighted by Gasteiger charge is -2.01. The van der Waals surface area contributed by atoms with Gasteiger partial charge in [-0.25, -0.2) is 8.42 Å². The lowest BCUT2D eigenvalue weighted by atomic mass is 10.8. The van der Waals surface area contributed by atoms with Crippen LogP contribution >= 0.6 is 23.6 Å². The van der Waals surface area contributed by atoms with E-state index in [0.29, 0.717) is 5.01 Å². The molecule has 9 heteroatoms. The molecule has 0 spiro atoms. The molecule has 0 amide bonds. The van der Waals surface area contributed by atoms with E-state index < -0.39 is 10.0 Å². The molecule has 0 aliphatic rings. The molecule has 0 atom stereocenters. The van der Waals surface area contributed by atoms with Gasteiger partial charge in [-0.1, -0.05) is 23.6 Å². The fraction of sp³-hybridized carbons (Fsp3) is 0.400. The van der Waals surface area contributed by atoms with Crippen molar-refractivity contribution in [2.24, 2.45) is 5.73 Å². The minimum absolute atomic E-state index is 0.0845. The van der Waals surface area contributed by atoms with Gasteiger partial charge in [0.2, 0.25) is 15.2 Å². The molecule has 0 bridgehead atoms. The van der Waals surface area contributed by atoms with Gasteiger partial charge in [-0.2, -0.15) is 0 Å². The highest BCUT2D eigenvalue weighted by atomic mass is 32.2. The van der Waals surface area contributed by atoms with Gasteiger partial charge >= 0.3 is 0 Å². The highest BCUT2D eigenvalue weighted by molar-refractivity contribution is 7.95. The number of hydrogen-bond donors (Lipinski definition) is 2. The van der Waals surface area contributed by atoms with Crippen LogP contribution in [-0.2, 0) is 10.0 Å². The summed E-state index contributed by atoms with van der Waals surface area (Å²) in [5, 5.41) is 8.16. The summed E-state index contributed by atoms with van der Waals surface area (Å²) in [6.07, 6.45) is 0. The Labute approximate surface area is 90.6 Å². The minimum atomic E-state index is -3.53. The van der Waals surface area contributed by atoms with Crippen molar-refractivity contribution in [3.05, 3.63) is 5.01 Å². The number of nitrogens with one attached hydrogen (secondary N) is 1. The normalized spacial score (nSPS) is 11.2. The third-order valence-electron chi connectivity index (χ3n) is 1.10. The smallest absolute Gasteiger partial charge is 0.241 e. The number of thiocarbonyl (C=S) groups is 1. The van der Waals surface area contributed by atoms with Gasteiger partial charge in [-0.05, 0) is 6.92 Å². The van der Waals surface area contributed by atoms with Crippen LogP contribution in [0.5, 0.6) is 0 Å². The van der Waals surface area contributed by atoms with Crippen molar-refractivity contribution >= 4 is 43.7 Å².